The highest BCUT2D eigenvalue weighted by Crippen LogP contribution is 2.57. The van der Waals surface area contributed by atoms with Crippen LogP contribution in [0.4, 0.5) is 10.1 Å². The molecule has 0 aromatic heterocycles. The van der Waals surface area contributed by atoms with Gasteiger partial charge in [0.15, 0.2) is 6.10 Å². The second-order valence-corrected chi connectivity index (χ2v) is 7.42. The Bertz CT molecular complexity index is 602. The minimum Gasteiger partial charge on any atom is -0.324 e. The van der Waals surface area contributed by atoms with Crippen molar-refractivity contribution >= 4 is 19.2 Å². The standard InChI is InChI=1S/C15H22FN2O5P/c1-4-21-24(20,22-5-2)14-10-13(23-18(14)3)15(19)17-12-8-6-11(16)7-9-12/h6-9,13-14H,4-5,10H2,1-3H3,(H,17,19)/t13-,14-/m1/s1. The van der Waals surface area contributed by atoms with Gasteiger partial charge in [-0.3, -0.25) is 14.2 Å². The molecule has 1 aliphatic heterocycles. The van der Waals surface area contributed by atoms with Gasteiger partial charge in [-0.2, -0.15) is 5.06 Å². The fourth-order valence-electron chi connectivity index (χ4n) is 2.46. The number of hydrogen-bond donors (Lipinski definition) is 1. The van der Waals surface area contributed by atoms with Gasteiger partial charge in [0.2, 0.25) is 0 Å². The van der Waals surface area contributed by atoms with Crippen LogP contribution in [0.3, 0.4) is 0 Å². The predicted molar refractivity (Wildman–Crippen MR) is 86.9 cm³/mol. The molecule has 1 fully saturated rings. The number of anilines is 1. The molecule has 0 spiro atoms. The third-order valence-corrected chi connectivity index (χ3v) is 6.03. The Hall–Kier alpha value is -1.31. The lowest BCUT2D eigenvalue weighted by Gasteiger charge is -2.25. The van der Waals surface area contributed by atoms with Crippen LogP contribution in [0, 0.1) is 5.82 Å². The second-order valence-electron chi connectivity index (χ2n) is 5.23. The predicted octanol–water partition coefficient (Wildman–Crippen LogP) is 2.99. The number of hydroxylamine groups is 2. The van der Waals surface area contributed by atoms with Crippen molar-refractivity contribution in [1.29, 1.82) is 0 Å². The molecule has 24 heavy (non-hydrogen) atoms. The van der Waals surface area contributed by atoms with Crippen LogP contribution in [0.2, 0.25) is 0 Å². The van der Waals surface area contributed by atoms with Gasteiger partial charge < -0.3 is 14.4 Å². The first kappa shape index (κ1) is 19.0. The highest BCUT2D eigenvalue weighted by molar-refractivity contribution is 7.54. The number of nitrogens with one attached hydrogen (secondary N) is 1. The van der Waals surface area contributed by atoms with Crippen LogP contribution < -0.4 is 5.32 Å². The van der Waals surface area contributed by atoms with E-state index in [2.05, 4.69) is 5.32 Å². The normalized spacial score (nSPS) is 21.8. The summed E-state index contributed by atoms with van der Waals surface area (Å²) < 4.78 is 36.4. The van der Waals surface area contributed by atoms with E-state index in [1.807, 2.05) is 0 Å². The van der Waals surface area contributed by atoms with Gasteiger partial charge in [0.05, 0.1) is 13.2 Å². The molecule has 2 atom stereocenters. The molecule has 134 valence electrons. The number of benzene rings is 1. The van der Waals surface area contributed by atoms with Gasteiger partial charge in [0.25, 0.3) is 5.91 Å². The van der Waals surface area contributed by atoms with Crippen LogP contribution in [-0.2, 0) is 23.2 Å². The maximum absolute atomic E-state index is 12.9. The first-order valence-corrected chi connectivity index (χ1v) is 9.35. The molecular formula is C15H22FN2O5P. The fourth-order valence-corrected chi connectivity index (χ4v) is 4.50. The summed E-state index contributed by atoms with van der Waals surface area (Å²) in [6.45, 7) is 3.91. The van der Waals surface area contributed by atoms with E-state index in [0.29, 0.717) is 5.69 Å². The number of rotatable bonds is 7. The summed E-state index contributed by atoms with van der Waals surface area (Å²) in [6, 6.07) is 5.40. The Kier molecular flexibility index (Phi) is 6.48. The van der Waals surface area contributed by atoms with Gasteiger partial charge in [0, 0.05) is 19.2 Å². The SMILES string of the molecule is CCOP(=O)(OCC)[C@@H]1C[C@H](C(=O)Nc2ccc(F)cc2)ON1C. The number of carbonyl (C=O) groups excluding carboxylic acids is 1. The number of carbonyl (C=O) groups is 1. The molecule has 9 heteroatoms. The van der Waals surface area contributed by atoms with E-state index in [1.54, 1.807) is 20.9 Å². The molecule has 0 saturated carbocycles. The molecule has 1 aromatic carbocycles. The van der Waals surface area contributed by atoms with Gasteiger partial charge in [-0.05, 0) is 38.1 Å². The lowest BCUT2D eigenvalue weighted by molar-refractivity contribution is -0.155. The van der Waals surface area contributed by atoms with E-state index in [1.165, 1.54) is 29.3 Å². The fraction of sp³-hybridized carbons (Fsp3) is 0.533. The van der Waals surface area contributed by atoms with Crippen molar-refractivity contribution in [2.24, 2.45) is 0 Å². The number of hydrogen-bond acceptors (Lipinski definition) is 6. The molecule has 0 unspecified atom stereocenters. The quantitative estimate of drug-likeness (QED) is 0.754. The van der Waals surface area contributed by atoms with Gasteiger partial charge in [-0.15, -0.1) is 0 Å². The summed E-state index contributed by atoms with van der Waals surface area (Å²) in [5, 5.41) is 3.99. The maximum atomic E-state index is 12.9. The average molecular weight is 360 g/mol. The average Bonchev–Trinajstić information content (AvgIpc) is 2.93. The number of halogens is 1. The largest absolute Gasteiger partial charge is 0.350 e. The molecule has 1 N–H and O–H groups in total. The smallest absolute Gasteiger partial charge is 0.324 e. The Morgan fingerprint density at radius 3 is 2.46 bits per heavy atom. The van der Waals surface area contributed by atoms with Crippen molar-refractivity contribution in [3.05, 3.63) is 30.1 Å². The summed E-state index contributed by atoms with van der Waals surface area (Å²) in [5.74, 6) is -1.46. The van der Waals surface area contributed by atoms with Gasteiger partial charge in [0.1, 0.15) is 11.6 Å². The molecule has 1 heterocycles. The maximum Gasteiger partial charge on any atom is 0.350 e. The molecule has 1 amide bonds. The molecule has 1 saturated heterocycles. The van der Waals surface area contributed by atoms with Gasteiger partial charge in [-0.25, -0.2) is 4.39 Å². The Morgan fingerprint density at radius 1 is 1.33 bits per heavy atom. The van der Waals surface area contributed by atoms with Crippen LogP contribution in [0.15, 0.2) is 24.3 Å². The van der Waals surface area contributed by atoms with Crippen LogP contribution >= 0.6 is 7.60 Å². The lowest BCUT2D eigenvalue weighted by atomic mass is 10.2. The molecule has 0 aliphatic carbocycles. The zero-order valence-electron chi connectivity index (χ0n) is 13.9. The zero-order chi connectivity index (χ0) is 17.7. The van der Waals surface area contributed by atoms with Crippen LogP contribution in [0.25, 0.3) is 0 Å². The first-order chi connectivity index (χ1) is 11.4. The molecule has 0 radical (unpaired) electrons. The van der Waals surface area contributed by atoms with E-state index in [0.717, 1.165) is 0 Å². The van der Waals surface area contributed by atoms with Crippen molar-refractivity contribution < 1.29 is 27.6 Å². The third-order valence-electron chi connectivity index (χ3n) is 3.53. The van der Waals surface area contributed by atoms with E-state index >= 15 is 0 Å². The first-order valence-electron chi connectivity index (χ1n) is 7.74. The molecule has 1 aliphatic rings. The van der Waals surface area contributed by atoms with Crippen molar-refractivity contribution in [2.75, 3.05) is 25.6 Å². The molecule has 7 nitrogen and oxygen atoms in total. The van der Waals surface area contributed by atoms with Crippen molar-refractivity contribution in [1.82, 2.24) is 5.06 Å². The van der Waals surface area contributed by atoms with Crippen molar-refractivity contribution in [2.45, 2.75) is 32.2 Å². The number of amides is 1. The summed E-state index contributed by atoms with van der Waals surface area (Å²) in [7, 11) is -1.83. The van der Waals surface area contributed by atoms with E-state index in [4.69, 9.17) is 13.9 Å². The van der Waals surface area contributed by atoms with Crippen molar-refractivity contribution in [3.8, 4) is 0 Å². The summed E-state index contributed by atoms with van der Waals surface area (Å²) in [5.41, 5.74) is 0.453. The lowest BCUT2D eigenvalue weighted by Crippen LogP contribution is -2.28. The van der Waals surface area contributed by atoms with Gasteiger partial charge in [-0.1, -0.05) is 0 Å². The van der Waals surface area contributed by atoms with Crippen molar-refractivity contribution in [3.63, 3.8) is 0 Å². The van der Waals surface area contributed by atoms with E-state index in [-0.39, 0.29) is 25.5 Å². The monoisotopic (exact) mass is 360 g/mol. The zero-order valence-corrected chi connectivity index (χ0v) is 14.8. The minimum absolute atomic E-state index is 0.167. The van der Waals surface area contributed by atoms with Crippen LogP contribution in [0.5, 0.6) is 0 Å². The summed E-state index contributed by atoms with van der Waals surface area (Å²) in [6.07, 6.45) is -0.667. The molecule has 0 bridgehead atoms. The van der Waals surface area contributed by atoms with Crippen LogP contribution in [0.1, 0.15) is 20.3 Å². The molecule has 1 aromatic rings. The highest BCUT2D eigenvalue weighted by atomic mass is 31.2. The summed E-state index contributed by atoms with van der Waals surface area (Å²) in [4.78, 5) is 17.8. The number of nitrogens with zero attached hydrogens (tertiary/aromatic N) is 1. The topological polar surface area (TPSA) is 77.1 Å². The Balaban J connectivity index is 2.04. The molecule has 2 rings (SSSR count). The Labute approximate surface area is 140 Å². The third kappa shape index (κ3) is 4.40. The minimum atomic E-state index is -3.42. The summed E-state index contributed by atoms with van der Waals surface area (Å²) >= 11 is 0. The molecular weight excluding hydrogens is 338 g/mol. The highest BCUT2D eigenvalue weighted by Gasteiger charge is 2.48. The Morgan fingerprint density at radius 2 is 1.92 bits per heavy atom. The van der Waals surface area contributed by atoms with Crippen LogP contribution in [-0.4, -0.2) is 43.1 Å². The second kappa shape index (κ2) is 8.18. The van der Waals surface area contributed by atoms with E-state index in [9.17, 15) is 13.8 Å². The van der Waals surface area contributed by atoms with E-state index < -0.39 is 25.4 Å². The van der Waals surface area contributed by atoms with Gasteiger partial charge >= 0.3 is 7.60 Å².